The van der Waals surface area contributed by atoms with E-state index in [-0.39, 0.29) is 29.5 Å². The van der Waals surface area contributed by atoms with Gasteiger partial charge in [-0.2, -0.15) is 13.2 Å². The summed E-state index contributed by atoms with van der Waals surface area (Å²) in [6.07, 6.45) is -2.44. The summed E-state index contributed by atoms with van der Waals surface area (Å²) in [5.41, 5.74) is -1.02. The van der Waals surface area contributed by atoms with E-state index < -0.39 is 22.7 Å². The molecule has 0 unspecified atom stereocenters. The van der Waals surface area contributed by atoms with Crippen molar-refractivity contribution < 1.29 is 27.5 Å². The number of ether oxygens (including phenoxy) is 1. The number of halogens is 4. The molecule has 2 N–H and O–H groups in total. The third-order valence-corrected chi connectivity index (χ3v) is 4.63. The van der Waals surface area contributed by atoms with Gasteiger partial charge >= 0.3 is 6.18 Å². The van der Waals surface area contributed by atoms with Crippen LogP contribution in [0.1, 0.15) is 28.8 Å². The molecule has 1 aliphatic carbocycles. The van der Waals surface area contributed by atoms with E-state index >= 15 is 0 Å². The van der Waals surface area contributed by atoms with Gasteiger partial charge in [-0.05, 0) is 49.1 Å². The number of carbonyl (C=O) groups excluding carboxylic acids is 2. The number of hydrogen-bond acceptors (Lipinski definition) is 3. The summed E-state index contributed by atoms with van der Waals surface area (Å²) >= 11 is 5.59. The molecule has 3 rings (SSSR count). The summed E-state index contributed by atoms with van der Waals surface area (Å²) in [7, 11) is 0. The SMILES string of the molecule is O=C(COc1ccccc1C(=O)Nc1ccc(Cl)c(C(F)(F)F)c1)NCC1CC1. The van der Waals surface area contributed by atoms with E-state index in [9.17, 15) is 22.8 Å². The molecule has 9 heteroatoms. The van der Waals surface area contributed by atoms with Crippen molar-refractivity contribution in [2.75, 3.05) is 18.5 Å². The molecule has 2 amide bonds. The fourth-order valence-corrected chi connectivity index (χ4v) is 2.80. The third-order valence-electron chi connectivity index (χ3n) is 4.30. The maximum Gasteiger partial charge on any atom is 0.417 e. The minimum atomic E-state index is -4.65. The summed E-state index contributed by atoms with van der Waals surface area (Å²) in [6.45, 7) is 0.332. The largest absolute Gasteiger partial charge is 0.483 e. The maximum atomic E-state index is 13.0. The molecule has 1 saturated carbocycles. The normalized spacial score (nSPS) is 13.7. The fourth-order valence-electron chi connectivity index (χ4n) is 2.57. The van der Waals surface area contributed by atoms with Gasteiger partial charge in [-0.1, -0.05) is 23.7 Å². The van der Waals surface area contributed by atoms with Gasteiger partial charge in [0.2, 0.25) is 0 Å². The number of alkyl halides is 3. The molecule has 0 aliphatic heterocycles. The van der Waals surface area contributed by atoms with Crippen LogP contribution >= 0.6 is 11.6 Å². The first-order valence-corrected chi connectivity index (χ1v) is 9.28. The number of nitrogens with one attached hydrogen (secondary N) is 2. The highest BCUT2D eigenvalue weighted by Crippen LogP contribution is 2.36. The fraction of sp³-hybridized carbons (Fsp3) is 0.300. The lowest BCUT2D eigenvalue weighted by Gasteiger charge is -2.14. The van der Waals surface area contributed by atoms with E-state index in [1.807, 2.05) is 0 Å². The zero-order chi connectivity index (χ0) is 21.0. The minimum absolute atomic E-state index is 0.0660. The second-order valence-corrected chi connectivity index (χ2v) is 7.09. The van der Waals surface area contributed by atoms with Gasteiger partial charge in [0.25, 0.3) is 11.8 Å². The second kappa shape index (κ2) is 8.73. The predicted octanol–water partition coefficient (Wildman–Crippen LogP) is 4.52. The van der Waals surface area contributed by atoms with Crippen LogP contribution in [0.4, 0.5) is 18.9 Å². The summed E-state index contributed by atoms with van der Waals surface area (Å²) in [4.78, 5) is 24.4. The molecule has 154 valence electrons. The molecule has 0 heterocycles. The standard InChI is InChI=1S/C20H18ClF3N2O3/c21-16-8-7-13(9-15(16)20(22,23)24)26-19(28)14-3-1-2-4-17(14)29-11-18(27)25-10-12-5-6-12/h1-4,7-9,12H,5-6,10-11H2,(H,25,27)(H,26,28). The molecule has 0 atom stereocenters. The van der Waals surface area contributed by atoms with Crippen molar-refractivity contribution in [2.24, 2.45) is 5.92 Å². The Morgan fingerprint density at radius 1 is 1.14 bits per heavy atom. The number of hydrogen-bond donors (Lipinski definition) is 2. The summed E-state index contributed by atoms with van der Waals surface area (Å²) < 4.78 is 44.4. The van der Waals surface area contributed by atoms with Crippen LogP contribution in [0.5, 0.6) is 5.75 Å². The molecule has 2 aromatic rings. The molecular weight excluding hydrogens is 409 g/mol. The third kappa shape index (κ3) is 5.87. The van der Waals surface area contributed by atoms with Gasteiger partial charge in [-0.15, -0.1) is 0 Å². The molecular formula is C20H18ClF3N2O3. The Hall–Kier alpha value is -2.74. The van der Waals surface area contributed by atoms with Crippen molar-refractivity contribution >= 4 is 29.1 Å². The number of rotatable bonds is 7. The first kappa shape index (κ1) is 21.0. The quantitative estimate of drug-likeness (QED) is 0.684. The molecule has 1 aliphatic rings. The van der Waals surface area contributed by atoms with Crippen LogP contribution in [0.25, 0.3) is 0 Å². The lowest BCUT2D eigenvalue weighted by atomic mass is 10.1. The van der Waals surface area contributed by atoms with Gasteiger partial charge in [0.05, 0.1) is 16.1 Å². The summed E-state index contributed by atoms with van der Waals surface area (Å²) in [6, 6.07) is 9.25. The average molecular weight is 427 g/mol. The maximum absolute atomic E-state index is 13.0. The number of anilines is 1. The Morgan fingerprint density at radius 2 is 1.86 bits per heavy atom. The van der Waals surface area contributed by atoms with Gasteiger partial charge < -0.3 is 15.4 Å². The van der Waals surface area contributed by atoms with Crippen molar-refractivity contribution in [3.05, 3.63) is 58.6 Å². The Morgan fingerprint density at radius 3 is 2.55 bits per heavy atom. The molecule has 0 aromatic heterocycles. The Labute approximate surface area is 170 Å². The highest BCUT2D eigenvalue weighted by atomic mass is 35.5. The smallest absolute Gasteiger partial charge is 0.417 e. The first-order valence-electron chi connectivity index (χ1n) is 8.90. The number of para-hydroxylation sites is 1. The number of carbonyl (C=O) groups is 2. The average Bonchev–Trinajstić information content (AvgIpc) is 3.50. The van der Waals surface area contributed by atoms with Crippen LogP contribution in [0.3, 0.4) is 0 Å². The van der Waals surface area contributed by atoms with Crippen LogP contribution in [-0.2, 0) is 11.0 Å². The molecule has 5 nitrogen and oxygen atoms in total. The highest BCUT2D eigenvalue weighted by molar-refractivity contribution is 6.31. The molecule has 2 aromatic carbocycles. The van der Waals surface area contributed by atoms with Crippen LogP contribution < -0.4 is 15.4 Å². The van der Waals surface area contributed by atoms with Crippen LogP contribution in [-0.4, -0.2) is 25.0 Å². The second-order valence-electron chi connectivity index (χ2n) is 6.68. The molecule has 0 spiro atoms. The minimum Gasteiger partial charge on any atom is -0.483 e. The van der Waals surface area contributed by atoms with Crippen molar-refractivity contribution in [1.82, 2.24) is 5.32 Å². The van der Waals surface area contributed by atoms with Crippen molar-refractivity contribution in [3.63, 3.8) is 0 Å². The summed E-state index contributed by atoms with van der Waals surface area (Å²) in [5.74, 6) is -0.302. The lowest BCUT2D eigenvalue weighted by Crippen LogP contribution is -2.30. The van der Waals surface area contributed by atoms with E-state index in [1.54, 1.807) is 12.1 Å². The highest BCUT2D eigenvalue weighted by Gasteiger charge is 2.33. The van der Waals surface area contributed by atoms with Gasteiger partial charge in [0.1, 0.15) is 5.75 Å². The van der Waals surface area contributed by atoms with E-state index in [4.69, 9.17) is 16.3 Å². The number of benzene rings is 2. The first-order chi connectivity index (χ1) is 13.7. The summed E-state index contributed by atoms with van der Waals surface area (Å²) in [5, 5.41) is 4.68. The molecule has 29 heavy (non-hydrogen) atoms. The van der Waals surface area contributed by atoms with Gasteiger partial charge in [0.15, 0.2) is 6.61 Å². The predicted molar refractivity (Wildman–Crippen MR) is 102 cm³/mol. The monoisotopic (exact) mass is 426 g/mol. The molecule has 0 radical (unpaired) electrons. The lowest BCUT2D eigenvalue weighted by molar-refractivity contribution is -0.137. The molecule has 1 fully saturated rings. The molecule has 0 saturated heterocycles. The van der Waals surface area contributed by atoms with E-state index in [1.165, 1.54) is 18.2 Å². The number of amides is 2. The van der Waals surface area contributed by atoms with E-state index in [0.29, 0.717) is 12.5 Å². The van der Waals surface area contributed by atoms with Crippen LogP contribution in [0.2, 0.25) is 5.02 Å². The Bertz CT molecular complexity index is 914. The Balaban J connectivity index is 1.67. The topological polar surface area (TPSA) is 67.4 Å². The zero-order valence-electron chi connectivity index (χ0n) is 15.2. The van der Waals surface area contributed by atoms with Crippen LogP contribution in [0.15, 0.2) is 42.5 Å². The van der Waals surface area contributed by atoms with Crippen molar-refractivity contribution in [3.8, 4) is 5.75 Å². The van der Waals surface area contributed by atoms with Crippen molar-refractivity contribution in [1.29, 1.82) is 0 Å². The van der Waals surface area contributed by atoms with Gasteiger partial charge in [-0.3, -0.25) is 9.59 Å². The van der Waals surface area contributed by atoms with E-state index in [2.05, 4.69) is 10.6 Å². The van der Waals surface area contributed by atoms with Crippen molar-refractivity contribution in [2.45, 2.75) is 19.0 Å². The van der Waals surface area contributed by atoms with Gasteiger partial charge in [0, 0.05) is 12.2 Å². The molecule has 0 bridgehead atoms. The zero-order valence-corrected chi connectivity index (χ0v) is 15.9. The Kier molecular flexibility index (Phi) is 6.32. The van der Waals surface area contributed by atoms with E-state index in [0.717, 1.165) is 25.0 Å². The van der Waals surface area contributed by atoms with Crippen LogP contribution in [0, 0.1) is 5.92 Å². The van der Waals surface area contributed by atoms with Gasteiger partial charge in [-0.25, -0.2) is 0 Å².